The molecule has 3 N–H and O–H groups in total. The van der Waals surface area contributed by atoms with Crippen LogP contribution in [0.2, 0.25) is 0 Å². The van der Waals surface area contributed by atoms with Crippen LogP contribution in [-0.4, -0.2) is 35.9 Å². The van der Waals surface area contributed by atoms with E-state index in [4.69, 9.17) is 4.74 Å². The van der Waals surface area contributed by atoms with Crippen LogP contribution < -0.4 is 10.6 Å². The van der Waals surface area contributed by atoms with Gasteiger partial charge in [0.05, 0.1) is 12.6 Å². The van der Waals surface area contributed by atoms with Crippen molar-refractivity contribution in [1.29, 1.82) is 0 Å². The molecule has 1 aliphatic heterocycles. The minimum atomic E-state index is -1.31. The number of nitrogens with one attached hydrogen (secondary N) is 2. The molecule has 6 nitrogen and oxygen atoms in total. The van der Waals surface area contributed by atoms with Gasteiger partial charge in [-0.1, -0.05) is 19.4 Å². The lowest BCUT2D eigenvalue weighted by Crippen LogP contribution is -2.58. The van der Waals surface area contributed by atoms with Crippen molar-refractivity contribution in [1.82, 2.24) is 10.6 Å². The molecule has 1 fully saturated rings. The van der Waals surface area contributed by atoms with Crippen molar-refractivity contribution in [2.75, 3.05) is 13.2 Å². The van der Waals surface area contributed by atoms with Gasteiger partial charge in [-0.05, 0) is 17.9 Å². The van der Waals surface area contributed by atoms with E-state index in [0.717, 1.165) is 17.7 Å². The summed E-state index contributed by atoms with van der Waals surface area (Å²) < 4.78 is 5.13. The van der Waals surface area contributed by atoms with Gasteiger partial charge in [-0.3, -0.25) is 0 Å². The summed E-state index contributed by atoms with van der Waals surface area (Å²) in [5.74, 6) is -1.06. The molecular weight excluding hydrogens is 292 g/mol. The van der Waals surface area contributed by atoms with Crippen molar-refractivity contribution in [2.45, 2.75) is 37.8 Å². The number of rotatable bonds is 6. The molecule has 1 aromatic rings. The van der Waals surface area contributed by atoms with Crippen LogP contribution in [0, 0.1) is 0 Å². The van der Waals surface area contributed by atoms with Crippen LogP contribution in [0.4, 0.5) is 4.79 Å². The SMILES string of the molecule is CCCC(NC(=O)NC1(C(=O)O)CCOC1)c1cccs1. The van der Waals surface area contributed by atoms with Gasteiger partial charge in [-0.15, -0.1) is 11.3 Å². The lowest BCUT2D eigenvalue weighted by atomic mass is 9.99. The molecule has 2 amide bonds. The van der Waals surface area contributed by atoms with Crippen molar-refractivity contribution in [2.24, 2.45) is 0 Å². The van der Waals surface area contributed by atoms with E-state index in [0.29, 0.717) is 6.61 Å². The molecule has 21 heavy (non-hydrogen) atoms. The third-order valence-corrected chi connectivity index (χ3v) is 4.54. The van der Waals surface area contributed by atoms with Gasteiger partial charge in [0.2, 0.25) is 0 Å². The van der Waals surface area contributed by atoms with E-state index >= 15 is 0 Å². The number of ether oxygens (including phenoxy) is 1. The zero-order chi connectivity index (χ0) is 15.3. The second-order valence-corrected chi connectivity index (χ2v) is 6.12. The Morgan fingerprint density at radius 3 is 2.90 bits per heavy atom. The molecule has 116 valence electrons. The van der Waals surface area contributed by atoms with Crippen LogP contribution >= 0.6 is 11.3 Å². The number of amides is 2. The van der Waals surface area contributed by atoms with Gasteiger partial charge in [0.25, 0.3) is 0 Å². The lowest BCUT2D eigenvalue weighted by Gasteiger charge is -2.25. The van der Waals surface area contributed by atoms with Crippen molar-refractivity contribution < 1.29 is 19.4 Å². The first-order chi connectivity index (χ1) is 10.1. The summed E-state index contributed by atoms with van der Waals surface area (Å²) in [7, 11) is 0. The Morgan fingerprint density at radius 2 is 2.38 bits per heavy atom. The Morgan fingerprint density at radius 1 is 1.57 bits per heavy atom. The number of aliphatic carboxylic acids is 1. The zero-order valence-corrected chi connectivity index (χ0v) is 12.7. The average Bonchev–Trinajstić information content (AvgIpc) is 3.09. The van der Waals surface area contributed by atoms with E-state index in [1.807, 2.05) is 24.4 Å². The summed E-state index contributed by atoms with van der Waals surface area (Å²) in [5, 5.41) is 16.7. The number of urea groups is 1. The predicted molar refractivity (Wildman–Crippen MR) is 79.4 cm³/mol. The molecule has 2 rings (SSSR count). The number of thiophene rings is 1. The summed E-state index contributed by atoms with van der Waals surface area (Å²) in [6.07, 6.45) is 2.02. The number of hydrogen-bond donors (Lipinski definition) is 3. The smallest absolute Gasteiger partial charge is 0.332 e. The number of carbonyl (C=O) groups excluding carboxylic acids is 1. The normalized spacial score (nSPS) is 22.7. The fourth-order valence-corrected chi connectivity index (χ4v) is 3.17. The molecule has 2 heterocycles. The van der Waals surface area contributed by atoms with Crippen molar-refractivity contribution >= 4 is 23.3 Å². The second kappa shape index (κ2) is 6.91. The summed E-state index contributed by atoms with van der Waals surface area (Å²) in [6.45, 7) is 2.40. The van der Waals surface area contributed by atoms with Crippen LogP contribution in [0.25, 0.3) is 0 Å². The molecule has 0 saturated carbocycles. The molecule has 0 aromatic carbocycles. The van der Waals surface area contributed by atoms with Crippen LogP contribution in [-0.2, 0) is 9.53 Å². The highest BCUT2D eigenvalue weighted by molar-refractivity contribution is 7.10. The molecule has 1 saturated heterocycles. The van der Waals surface area contributed by atoms with E-state index < -0.39 is 17.5 Å². The monoisotopic (exact) mass is 312 g/mol. The number of carbonyl (C=O) groups is 2. The fraction of sp³-hybridized carbons (Fsp3) is 0.571. The third-order valence-electron chi connectivity index (χ3n) is 3.55. The predicted octanol–water partition coefficient (Wildman–Crippen LogP) is 2.13. The molecule has 1 aromatic heterocycles. The number of carboxylic acid groups (broad SMARTS) is 1. The highest BCUT2D eigenvalue weighted by Gasteiger charge is 2.44. The van der Waals surface area contributed by atoms with Crippen LogP contribution in [0.1, 0.15) is 37.1 Å². The maximum atomic E-state index is 12.2. The van der Waals surface area contributed by atoms with E-state index in [2.05, 4.69) is 10.6 Å². The van der Waals surface area contributed by atoms with Crippen LogP contribution in [0.3, 0.4) is 0 Å². The topological polar surface area (TPSA) is 87.7 Å². The Bertz CT molecular complexity index is 483. The second-order valence-electron chi connectivity index (χ2n) is 5.14. The molecule has 0 spiro atoms. The van der Waals surface area contributed by atoms with Gasteiger partial charge in [0, 0.05) is 17.9 Å². The molecule has 1 aliphatic rings. The Labute approximate surface area is 127 Å². The van der Waals surface area contributed by atoms with Gasteiger partial charge in [-0.25, -0.2) is 9.59 Å². The first-order valence-electron chi connectivity index (χ1n) is 7.00. The van der Waals surface area contributed by atoms with Gasteiger partial charge in [-0.2, -0.15) is 0 Å². The molecule has 0 radical (unpaired) electrons. The summed E-state index contributed by atoms with van der Waals surface area (Å²) in [6, 6.07) is 3.35. The lowest BCUT2D eigenvalue weighted by molar-refractivity contribution is -0.144. The Hall–Kier alpha value is -1.60. The quantitative estimate of drug-likeness (QED) is 0.751. The van der Waals surface area contributed by atoms with Crippen LogP contribution in [0.15, 0.2) is 17.5 Å². The average molecular weight is 312 g/mol. The summed E-state index contributed by atoms with van der Waals surface area (Å²) in [5.41, 5.74) is -1.31. The molecule has 0 bridgehead atoms. The summed E-state index contributed by atoms with van der Waals surface area (Å²) in [4.78, 5) is 24.6. The molecule has 2 unspecified atom stereocenters. The molecular formula is C14H20N2O4S. The zero-order valence-electron chi connectivity index (χ0n) is 11.9. The van der Waals surface area contributed by atoms with E-state index in [-0.39, 0.29) is 19.1 Å². The first-order valence-corrected chi connectivity index (χ1v) is 7.88. The minimum Gasteiger partial charge on any atom is -0.479 e. The van der Waals surface area contributed by atoms with Gasteiger partial charge in [0.15, 0.2) is 5.54 Å². The van der Waals surface area contributed by atoms with Crippen LogP contribution in [0.5, 0.6) is 0 Å². The molecule has 7 heteroatoms. The van der Waals surface area contributed by atoms with E-state index in [1.54, 1.807) is 11.3 Å². The Balaban J connectivity index is 2.00. The van der Waals surface area contributed by atoms with E-state index in [9.17, 15) is 14.7 Å². The van der Waals surface area contributed by atoms with Crippen molar-refractivity contribution in [3.05, 3.63) is 22.4 Å². The molecule has 0 aliphatic carbocycles. The number of carboxylic acids is 1. The minimum absolute atomic E-state index is 0.00714. The highest BCUT2D eigenvalue weighted by Crippen LogP contribution is 2.24. The van der Waals surface area contributed by atoms with Gasteiger partial charge < -0.3 is 20.5 Å². The van der Waals surface area contributed by atoms with Crippen molar-refractivity contribution in [3.8, 4) is 0 Å². The maximum absolute atomic E-state index is 12.2. The highest BCUT2D eigenvalue weighted by atomic mass is 32.1. The van der Waals surface area contributed by atoms with Gasteiger partial charge >= 0.3 is 12.0 Å². The van der Waals surface area contributed by atoms with Gasteiger partial charge in [0.1, 0.15) is 0 Å². The maximum Gasteiger partial charge on any atom is 0.332 e. The number of hydrogen-bond acceptors (Lipinski definition) is 4. The molecule has 2 atom stereocenters. The Kier molecular flexibility index (Phi) is 5.19. The largest absolute Gasteiger partial charge is 0.479 e. The van der Waals surface area contributed by atoms with E-state index in [1.165, 1.54) is 0 Å². The standard InChI is InChI=1S/C14H20N2O4S/c1-2-4-10(11-5-3-8-21-11)15-13(19)16-14(12(17)18)6-7-20-9-14/h3,5,8,10H,2,4,6-7,9H2,1H3,(H,17,18)(H2,15,16,19). The fourth-order valence-electron chi connectivity index (χ4n) is 2.36. The summed E-state index contributed by atoms with van der Waals surface area (Å²) >= 11 is 1.58. The van der Waals surface area contributed by atoms with Crippen molar-refractivity contribution in [3.63, 3.8) is 0 Å². The first kappa shape index (κ1) is 15.8. The third kappa shape index (κ3) is 3.74.